The number of para-hydroxylation sites is 2. The van der Waals surface area contributed by atoms with Crippen LogP contribution in [0.15, 0.2) is 62.8 Å². The summed E-state index contributed by atoms with van der Waals surface area (Å²) in [7, 11) is 1.62. The van der Waals surface area contributed by atoms with Crippen LogP contribution in [-0.2, 0) is 10.5 Å². The highest BCUT2D eigenvalue weighted by Crippen LogP contribution is 2.35. The fourth-order valence-electron chi connectivity index (χ4n) is 3.08. The minimum atomic E-state index is -0.480. The predicted molar refractivity (Wildman–Crippen MR) is 117 cm³/mol. The fourth-order valence-corrected chi connectivity index (χ4v) is 4.39. The Kier molecular flexibility index (Phi) is 6.10. The van der Waals surface area contributed by atoms with Gasteiger partial charge in [-0.15, -0.1) is 10.2 Å². The molecular formula is C21H18BrN3O4S. The number of esters is 1. The van der Waals surface area contributed by atoms with E-state index in [-0.39, 0.29) is 12.4 Å². The molecule has 30 heavy (non-hydrogen) atoms. The van der Waals surface area contributed by atoms with Crippen LogP contribution in [0.1, 0.15) is 23.0 Å². The van der Waals surface area contributed by atoms with Crippen molar-refractivity contribution in [2.24, 2.45) is 0 Å². The van der Waals surface area contributed by atoms with Crippen LogP contribution in [0.4, 0.5) is 0 Å². The number of carbonyl (C=O) groups is 1. The second-order valence-electron chi connectivity index (χ2n) is 6.21. The van der Waals surface area contributed by atoms with Crippen molar-refractivity contribution in [3.05, 3.63) is 64.6 Å². The molecule has 0 aliphatic heterocycles. The van der Waals surface area contributed by atoms with Crippen LogP contribution in [0.2, 0.25) is 0 Å². The van der Waals surface area contributed by atoms with E-state index >= 15 is 0 Å². The summed E-state index contributed by atoms with van der Waals surface area (Å²) >= 11 is 4.93. The van der Waals surface area contributed by atoms with Gasteiger partial charge in [0.25, 0.3) is 0 Å². The lowest BCUT2D eigenvalue weighted by molar-refractivity contribution is 0.0491. The molecule has 0 aliphatic rings. The van der Waals surface area contributed by atoms with Gasteiger partial charge in [0, 0.05) is 21.2 Å². The van der Waals surface area contributed by atoms with Crippen molar-refractivity contribution in [3.8, 4) is 11.4 Å². The maximum Gasteiger partial charge on any atom is 0.374 e. The summed E-state index contributed by atoms with van der Waals surface area (Å²) in [6.45, 7) is 2.04. The first-order valence-electron chi connectivity index (χ1n) is 9.16. The van der Waals surface area contributed by atoms with Crippen LogP contribution < -0.4 is 4.74 Å². The second kappa shape index (κ2) is 8.93. The molecule has 0 spiro atoms. The first kappa shape index (κ1) is 20.5. The number of methoxy groups -OCH3 is 1. The minimum absolute atomic E-state index is 0.209. The van der Waals surface area contributed by atoms with Gasteiger partial charge >= 0.3 is 5.97 Å². The first-order valence-corrected chi connectivity index (χ1v) is 10.9. The number of hydrogen-bond acceptors (Lipinski definition) is 7. The van der Waals surface area contributed by atoms with E-state index in [1.54, 1.807) is 20.4 Å². The largest absolute Gasteiger partial charge is 0.495 e. The van der Waals surface area contributed by atoms with Gasteiger partial charge < -0.3 is 13.9 Å². The zero-order chi connectivity index (χ0) is 21.1. The Hall–Kier alpha value is -2.78. The van der Waals surface area contributed by atoms with E-state index in [0.717, 1.165) is 21.1 Å². The number of rotatable bonds is 7. The third kappa shape index (κ3) is 3.95. The average molecular weight is 488 g/mol. The van der Waals surface area contributed by atoms with Crippen molar-refractivity contribution >= 4 is 44.6 Å². The van der Waals surface area contributed by atoms with E-state index < -0.39 is 5.97 Å². The molecule has 2 aromatic heterocycles. The standard InChI is InChI=1S/C21H18BrN3O4S/c1-3-28-20(26)19-15(14-10-13(22)8-9-17(14)29-19)11-30-21-24-23-12-25(21)16-6-4-5-7-18(16)27-2/h4-10,12H,3,11H2,1-2H3. The normalized spacial score (nSPS) is 11.0. The molecule has 0 saturated heterocycles. The van der Waals surface area contributed by atoms with Gasteiger partial charge in [-0.25, -0.2) is 4.79 Å². The minimum Gasteiger partial charge on any atom is -0.495 e. The number of benzene rings is 2. The van der Waals surface area contributed by atoms with Crippen molar-refractivity contribution in [1.82, 2.24) is 14.8 Å². The molecule has 0 bridgehead atoms. The Labute approximate surface area is 185 Å². The lowest BCUT2D eigenvalue weighted by atomic mass is 10.1. The second-order valence-corrected chi connectivity index (χ2v) is 8.07. The van der Waals surface area contributed by atoms with E-state index in [0.29, 0.717) is 22.2 Å². The summed E-state index contributed by atoms with van der Waals surface area (Å²) in [5, 5.41) is 9.81. The molecule has 0 atom stereocenters. The topological polar surface area (TPSA) is 79.4 Å². The highest BCUT2D eigenvalue weighted by atomic mass is 79.9. The van der Waals surface area contributed by atoms with Gasteiger partial charge in [-0.1, -0.05) is 39.8 Å². The summed E-state index contributed by atoms with van der Waals surface area (Å²) in [6, 6.07) is 13.3. The molecule has 0 N–H and O–H groups in total. The third-order valence-corrected chi connectivity index (χ3v) is 5.88. The van der Waals surface area contributed by atoms with E-state index in [4.69, 9.17) is 13.9 Å². The van der Waals surface area contributed by atoms with Gasteiger partial charge in [0.15, 0.2) is 5.16 Å². The zero-order valence-electron chi connectivity index (χ0n) is 16.3. The number of nitrogens with zero attached hydrogens (tertiary/aromatic N) is 3. The van der Waals surface area contributed by atoms with Crippen LogP contribution in [0, 0.1) is 0 Å². The molecule has 2 heterocycles. The molecule has 4 aromatic rings. The van der Waals surface area contributed by atoms with Gasteiger partial charge in [0.1, 0.15) is 17.7 Å². The van der Waals surface area contributed by atoms with Crippen molar-refractivity contribution in [2.45, 2.75) is 17.8 Å². The third-order valence-electron chi connectivity index (χ3n) is 4.42. The van der Waals surface area contributed by atoms with E-state index in [2.05, 4.69) is 26.1 Å². The summed E-state index contributed by atoms with van der Waals surface area (Å²) in [4.78, 5) is 12.5. The Bertz CT molecular complexity index is 1200. The molecule has 9 heteroatoms. The molecule has 0 radical (unpaired) electrons. The smallest absolute Gasteiger partial charge is 0.374 e. The van der Waals surface area contributed by atoms with Crippen LogP contribution in [0.3, 0.4) is 0 Å². The zero-order valence-corrected chi connectivity index (χ0v) is 18.7. The van der Waals surface area contributed by atoms with Crippen LogP contribution in [0.25, 0.3) is 16.7 Å². The molecule has 0 aliphatic carbocycles. The number of carbonyl (C=O) groups excluding carboxylic acids is 1. The van der Waals surface area contributed by atoms with E-state index in [1.165, 1.54) is 11.8 Å². The molecule has 7 nitrogen and oxygen atoms in total. The Morgan fingerprint density at radius 2 is 2.10 bits per heavy atom. The Morgan fingerprint density at radius 1 is 1.27 bits per heavy atom. The Balaban J connectivity index is 1.70. The SMILES string of the molecule is CCOC(=O)c1oc2ccc(Br)cc2c1CSc1nncn1-c1ccccc1OC. The molecule has 0 saturated carbocycles. The molecule has 0 unspecified atom stereocenters. The number of aromatic nitrogens is 3. The van der Waals surface area contributed by atoms with Crippen LogP contribution >= 0.6 is 27.7 Å². The molecular weight excluding hydrogens is 470 g/mol. The van der Waals surface area contributed by atoms with Crippen molar-refractivity contribution < 1.29 is 18.7 Å². The maximum absolute atomic E-state index is 12.5. The molecule has 4 rings (SSSR count). The van der Waals surface area contributed by atoms with Gasteiger partial charge in [-0.3, -0.25) is 4.57 Å². The number of thioether (sulfide) groups is 1. The summed E-state index contributed by atoms with van der Waals surface area (Å²) < 4.78 is 19.2. The number of hydrogen-bond donors (Lipinski definition) is 0. The molecule has 2 aromatic carbocycles. The van der Waals surface area contributed by atoms with Crippen molar-refractivity contribution in [1.29, 1.82) is 0 Å². The maximum atomic E-state index is 12.5. The lowest BCUT2D eigenvalue weighted by Gasteiger charge is -2.10. The molecule has 0 amide bonds. The predicted octanol–water partition coefficient (Wildman–Crippen LogP) is 5.25. The van der Waals surface area contributed by atoms with E-state index in [9.17, 15) is 4.79 Å². The van der Waals surface area contributed by atoms with Gasteiger partial charge in [0.2, 0.25) is 5.76 Å². The number of ether oxygens (including phenoxy) is 2. The summed E-state index contributed by atoms with van der Waals surface area (Å²) in [5.41, 5.74) is 2.21. The highest BCUT2D eigenvalue weighted by molar-refractivity contribution is 9.10. The van der Waals surface area contributed by atoms with Crippen molar-refractivity contribution in [2.75, 3.05) is 13.7 Å². The summed E-state index contributed by atoms with van der Waals surface area (Å²) in [5.74, 6) is 0.891. The monoisotopic (exact) mass is 487 g/mol. The lowest BCUT2D eigenvalue weighted by Crippen LogP contribution is -2.06. The van der Waals surface area contributed by atoms with Gasteiger partial charge in [0.05, 0.1) is 19.4 Å². The quantitative estimate of drug-likeness (QED) is 0.260. The molecule has 0 fully saturated rings. The first-order chi connectivity index (χ1) is 14.6. The highest BCUT2D eigenvalue weighted by Gasteiger charge is 2.23. The number of furan rings is 1. The van der Waals surface area contributed by atoms with Crippen LogP contribution in [-0.4, -0.2) is 34.5 Å². The van der Waals surface area contributed by atoms with Crippen molar-refractivity contribution in [3.63, 3.8) is 0 Å². The van der Waals surface area contributed by atoms with E-state index in [1.807, 2.05) is 47.0 Å². The van der Waals surface area contributed by atoms with Gasteiger partial charge in [-0.2, -0.15) is 0 Å². The number of fused-ring (bicyclic) bond motifs is 1. The number of halogens is 1. The fraction of sp³-hybridized carbons (Fsp3) is 0.190. The summed E-state index contributed by atoms with van der Waals surface area (Å²) in [6.07, 6.45) is 1.64. The van der Waals surface area contributed by atoms with Crippen LogP contribution in [0.5, 0.6) is 5.75 Å². The van der Waals surface area contributed by atoms with Gasteiger partial charge in [-0.05, 0) is 37.3 Å². The average Bonchev–Trinajstić information content (AvgIpc) is 3.36. The Morgan fingerprint density at radius 3 is 2.90 bits per heavy atom. The molecule has 154 valence electrons.